The largest absolute Gasteiger partial charge is 0.331 e. The van der Waals surface area contributed by atoms with Gasteiger partial charge in [0, 0.05) is 22.7 Å². The highest BCUT2D eigenvalue weighted by atomic mass is 15.5. The second kappa shape index (κ2) is 4.83. The highest BCUT2D eigenvalue weighted by molar-refractivity contribution is 5.98. The Morgan fingerprint density at radius 2 is 1.71 bits per heavy atom. The Bertz CT molecular complexity index is 861. The summed E-state index contributed by atoms with van der Waals surface area (Å²) in [4.78, 5) is 4.50. The van der Waals surface area contributed by atoms with Crippen molar-refractivity contribution in [1.82, 2.24) is 15.6 Å². The number of benzene rings is 2. The molecule has 1 aromatic heterocycles. The molecule has 0 bridgehead atoms. The maximum Gasteiger partial charge on any atom is 0.331 e. The molecular weight excluding hydrogens is 260 g/mol. The Balaban J connectivity index is 1.96. The standard InChI is InChI=1S/C17H12N4/c1-2-6-13(7-3-1)16-17(20-21-19-16)14-10-4-8-12-9-5-11-18-15(12)14/h1-11H,(H,19,20)/q+1. The second-order valence-corrected chi connectivity index (χ2v) is 4.78. The zero-order valence-corrected chi connectivity index (χ0v) is 11.2. The van der Waals surface area contributed by atoms with E-state index < -0.39 is 0 Å². The summed E-state index contributed by atoms with van der Waals surface area (Å²) in [5.41, 5.74) is 7.74. The van der Waals surface area contributed by atoms with Crippen LogP contribution in [0.1, 0.15) is 11.1 Å². The van der Waals surface area contributed by atoms with Crippen LogP contribution in [-0.2, 0) is 0 Å². The van der Waals surface area contributed by atoms with Crippen LogP contribution in [0.25, 0.3) is 22.3 Å². The van der Waals surface area contributed by atoms with Gasteiger partial charge in [-0.05, 0) is 6.07 Å². The summed E-state index contributed by atoms with van der Waals surface area (Å²) in [6, 6.07) is 20.1. The van der Waals surface area contributed by atoms with Gasteiger partial charge in [0.25, 0.3) is 0 Å². The van der Waals surface area contributed by atoms with E-state index in [2.05, 4.69) is 32.9 Å². The van der Waals surface area contributed by atoms with E-state index in [1.807, 2.05) is 48.5 Å². The zero-order chi connectivity index (χ0) is 14.1. The quantitative estimate of drug-likeness (QED) is 0.777. The fourth-order valence-corrected chi connectivity index (χ4v) is 2.52. The van der Waals surface area contributed by atoms with Crippen molar-refractivity contribution in [2.45, 2.75) is 0 Å². The van der Waals surface area contributed by atoms with Gasteiger partial charge in [0.05, 0.1) is 5.52 Å². The molecule has 2 heterocycles. The molecule has 4 heteroatoms. The van der Waals surface area contributed by atoms with Gasteiger partial charge >= 0.3 is 5.22 Å². The lowest BCUT2D eigenvalue weighted by Gasteiger charge is -2.05. The van der Waals surface area contributed by atoms with Crippen molar-refractivity contribution in [3.05, 3.63) is 78.0 Å². The number of nitrogens with zero attached hydrogens (tertiary/aromatic N) is 3. The minimum Gasteiger partial charge on any atom is -0.256 e. The molecule has 4 rings (SSSR count). The van der Waals surface area contributed by atoms with E-state index in [1.165, 1.54) is 0 Å². The van der Waals surface area contributed by atoms with Gasteiger partial charge in [-0.3, -0.25) is 4.98 Å². The van der Waals surface area contributed by atoms with E-state index in [0.29, 0.717) is 0 Å². The molecule has 1 aliphatic rings. The summed E-state index contributed by atoms with van der Waals surface area (Å²) >= 11 is 0. The molecule has 0 unspecified atom stereocenters. The van der Waals surface area contributed by atoms with E-state index in [9.17, 15) is 0 Å². The average Bonchev–Trinajstić information content (AvgIpc) is 3.04. The Morgan fingerprint density at radius 3 is 2.62 bits per heavy atom. The number of fused-ring (bicyclic) bond motifs is 1. The molecule has 0 atom stereocenters. The predicted molar refractivity (Wildman–Crippen MR) is 82.7 cm³/mol. The number of aromatic nitrogens is 1. The summed E-state index contributed by atoms with van der Waals surface area (Å²) < 4.78 is 0. The van der Waals surface area contributed by atoms with Crippen LogP contribution in [-0.4, -0.2) is 4.98 Å². The molecule has 1 N–H and O–H groups in total. The third-order valence-electron chi connectivity index (χ3n) is 3.50. The van der Waals surface area contributed by atoms with E-state index in [0.717, 1.165) is 33.4 Å². The molecule has 0 amide bonds. The molecule has 0 saturated carbocycles. The molecule has 0 spiro atoms. The lowest BCUT2D eigenvalue weighted by atomic mass is 10.0. The molecule has 0 saturated heterocycles. The van der Waals surface area contributed by atoms with Crippen molar-refractivity contribution in [3.63, 3.8) is 0 Å². The molecule has 1 radical (unpaired) electrons. The third-order valence-corrected chi connectivity index (χ3v) is 3.50. The maximum atomic E-state index is 4.50. The van der Waals surface area contributed by atoms with Crippen LogP contribution in [0.3, 0.4) is 0 Å². The first-order chi connectivity index (χ1) is 10.4. The van der Waals surface area contributed by atoms with Crippen LogP contribution >= 0.6 is 0 Å². The van der Waals surface area contributed by atoms with Crippen LogP contribution in [0.5, 0.6) is 0 Å². The van der Waals surface area contributed by atoms with Gasteiger partial charge in [0.2, 0.25) is 0 Å². The molecule has 2 aromatic carbocycles. The number of rotatable bonds is 2. The van der Waals surface area contributed by atoms with Gasteiger partial charge in [-0.2, -0.15) is 0 Å². The van der Waals surface area contributed by atoms with Gasteiger partial charge in [-0.15, -0.1) is 0 Å². The first kappa shape index (κ1) is 11.8. The topological polar surface area (TPSA) is 51.4 Å². The summed E-state index contributed by atoms with van der Waals surface area (Å²) in [6.07, 6.45) is 1.80. The number of hydrogen-bond donors (Lipinski definition) is 1. The summed E-state index contributed by atoms with van der Waals surface area (Å²) in [6.45, 7) is 0. The Labute approximate surface area is 121 Å². The van der Waals surface area contributed by atoms with E-state index in [1.54, 1.807) is 6.20 Å². The normalized spacial score (nSPS) is 13.7. The Kier molecular flexibility index (Phi) is 2.71. The average molecular weight is 272 g/mol. The molecular formula is C17H12N4+. The molecule has 0 fully saturated rings. The zero-order valence-electron chi connectivity index (χ0n) is 11.2. The number of nitrogens with one attached hydrogen (secondary N) is 1. The minimum atomic E-state index is 0.841. The summed E-state index contributed by atoms with van der Waals surface area (Å²) in [5.74, 6) is 0. The lowest BCUT2D eigenvalue weighted by Crippen LogP contribution is -2.09. The number of hydrogen-bond acceptors (Lipinski definition) is 4. The van der Waals surface area contributed by atoms with E-state index in [4.69, 9.17) is 0 Å². The molecule has 4 nitrogen and oxygen atoms in total. The molecule has 1 aliphatic heterocycles. The van der Waals surface area contributed by atoms with Gasteiger partial charge in [-0.25, -0.2) is 0 Å². The summed E-state index contributed by atoms with van der Waals surface area (Å²) in [5, 5.41) is 9.32. The fraction of sp³-hybridized carbons (Fsp3) is 0. The summed E-state index contributed by atoms with van der Waals surface area (Å²) in [7, 11) is 0. The molecule has 21 heavy (non-hydrogen) atoms. The first-order valence-electron chi connectivity index (χ1n) is 6.74. The van der Waals surface area contributed by atoms with Gasteiger partial charge in [-0.1, -0.05) is 60.0 Å². The van der Waals surface area contributed by atoms with Crippen LogP contribution in [0.2, 0.25) is 0 Å². The minimum absolute atomic E-state index is 0.841. The molecule has 3 aromatic rings. The Morgan fingerprint density at radius 1 is 0.857 bits per heavy atom. The first-order valence-corrected chi connectivity index (χ1v) is 6.74. The third kappa shape index (κ3) is 1.97. The van der Waals surface area contributed by atoms with Crippen molar-refractivity contribution in [2.75, 3.05) is 0 Å². The van der Waals surface area contributed by atoms with Crippen LogP contribution < -0.4 is 10.6 Å². The predicted octanol–water partition coefficient (Wildman–Crippen LogP) is 3.37. The van der Waals surface area contributed by atoms with Crippen molar-refractivity contribution >= 4 is 22.3 Å². The van der Waals surface area contributed by atoms with Crippen molar-refractivity contribution in [3.8, 4) is 0 Å². The molecule has 0 aliphatic carbocycles. The van der Waals surface area contributed by atoms with E-state index >= 15 is 0 Å². The Hall–Kier alpha value is -3.01. The van der Waals surface area contributed by atoms with Crippen LogP contribution in [0.4, 0.5) is 0 Å². The van der Waals surface area contributed by atoms with Crippen LogP contribution in [0, 0.1) is 0 Å². The number of para-hydroxylation sites is 1. The van der Waals surface area contributed by atoms with Crippen molar-refractivity contribution in [1.29, 1.82) is 0 Å². The monoisotopic (exact) mass is 272 g/mol. The van der Waals surface area contributed by atoms with E-state index in [-0.39, 0.29) is 0 Å². The van der Waals surface area contributed by atoms with Gasteiger partial charge in [0.1, 0.15) is 10.8 Å². The van der Waals surface area contributed by atoms with Gasteiger partial charge in [0.15, 0.2) is 5.70 Å². The second-order valence-electron chi connectivity index (χ2n) is 4.78. The van der Waals surface area contributed by atoms with Gasteiger partial charge < -0.3 is 0 Å². The smallest absolute Gasteiger partial charge is 0.256 e. The molecule has 99 valence electrons. The fourth-order valence-electron chi connectivity index (χ4n) is 2.52. The number of pyridine rings is 1. The highest BCUT2D eigenvalue weighted by Gasteiger charge is 2.25. The maximum absolute atomic E-state index is 4.50. The SMILES string of the molecule is c1ccc(C2=C(c3cccc4cccnc34)N[N+]=N2)cc1. The van der Waals surface area contributed by atoms with Crippen LogP contribution in [0.15, 0.2) is 72.0 Å². The lowest BCUT2D eigenvalue weighted by molar-refractivity contribution is 0.822. The highest BCUT2D eigenvalue weighted by Crippen LogP contribution is 2.30. The van der Waals surface area contributed by atoms with Crippen molar-refractivity contribution in [2.24, 2.45) is 5.11 Å². The van der Waals surface area contributed by atoms with Crippen molar-refractivity contribution < 1.29 is 0 Å².